The summed E-state index contributed by atoms with van der Waals surface area (Å²) in [4.78, 5) is 30.1. The predicted molar refractivity (Wildman–Crippen MR) is 159 cm³/mol. The standard InChI is InChI=1S/C30H16N12O2/c43-29-25(39-21-13-5-1-9-17(21)31-35-39)26(40-22-14-6-2-10-18(22)32-36-40)30(44)28(42-24-16-8-4-12-20(24)34-38-42)27(29)41-23-15-7-3-11-19(23)33-37-41/h1-16H. The Labute approximate surface area is 245 Å². The molecule has 208 valence electrons. The highest BCUT2D eigenvalue weighted by Gasteiger charge is 2.42. The molecule has 1 aliphatic carbocycles. The van der Waals surface area contributed by atoms with Crippen LogP contribution in [0.25, 0.3) is 66.9 Å². The molecule has 0 fully saturated rings. The minimum atomic E-state index is -0.583. The van der Waals surface area contributed by atoms with E-state index >= 15 is 9.59 Å². The monoisotopic (exact) mass is 576 g/mol. The number of carbonyl (C=O) groups excluding carboxylic acids is 2. The molecule has 1 aliphatic rings. The molecular weight excluding hydrogens is 560 g/mol. The second kappa shape index (κ2) is 8.90. The molecule has 44 heavy (non-hydrogen) atoms. The molecule has 4 aromatic carbocycles. The largest absolute Gasteiger partial charge is 0.285 e. The summed E-state index contributed by atoms with van der Waals surface area (Å²) >= 11 is 0. The van der Waals surface area contributed by atoms with E-state index in [9.17, 15) is 0 Å². The number of nitrogens with zero attached hydrogens (tertiary/aromatic N) is 12. The summed E-state index contributed by atoms with van der Waals surface area (Å²) in [5.74, 6) is -1.17. The number of carbonyl (C=O) groups is 2. The lowest BCUT2D eigenvalue weighted by Crippen LogP contribution is -2.32. The van der Waals surface area contributed by atoms with Crippen molar-refractivity contribution < 1.29 is 9.59 Å². The minimum absolute atomic E-state index is 0.0814. The first-order valence-electron chi connectivity index (χ1n) is 13.5. The van der Waals surface area contributed by atoms with Gasteiger partial charge in [0.05, 0.1) is 22.1 Å². The average Bonchev–Trinajstić information content (AvgIpc) is 3.86. The summed E-state index contributed by atoms with van der Waals surface area (Å²) in [6, 6.07) is 28.6. The molecule has 4 aromatic heterocycles. The Morgan fingerprint density at radius 2 is 0.568 bits per heavy atom. The minimum Gasteiger partial charge on any atom is -0.285 e. The maximum Gasteiger partial charge on any atom is 0.234 e. The van der Waals surface area contributed by atoms with Crippen molar-refractivity contribution >= 4 is 78.5 Å². The van der Waals surface area contributed by atoms with Gasteiger partial charge in [-0.05, 0) is 48.5 Å². The van der Waals surface area contributed by atoms with Crippen LogP contribution in [0.2, 0.25) is 0 Å². The Balaban J connectivity index is 1.43. The van der Waals surface area contributed by atoms with Crippen molar-refractivity contribution in [3.8, 4) is 0 Å². The molecule has 0 spiro atoms. The van der Waals surface area contributed by atoms with Gasteiger partial charge in [-0.15, -0.1) is 20.4 Å². The van der Waals surface area contributed by atoms with Crippen molar-refractivity contribution in [2.75, 3.05) is 0 Å². The summed E-state index contributed by atoms with van der Waals surface area (Å²) in [5, 5.41) is 34.4. The molecule has 0 amide bonds. The number of fused-ring (bicyclic) bond motifs is 4. The van der Waals surface area contributed by atoms with E-state index in [1.807, 2.05) is 24.3 Å². The third kappa shape index (κ3) is 3.24. The molecule has 9 rings (SSSR count). The number of aromatic nitrogens is 12. The lowest BCUT2D eigenvalue weighted by Gasteiger charge is -2.23. The molecule has 14 heteroatoms. The number of ketones is 2. The van der Waals surface area contributed by atoms with Crippen LogP contribution in [0, 0.1) is 0 Å². The number of Topliss-reactive ketones (excluding diaryl/α,β-unsaturated/α-hetero) is 2. The van der Waals surface area contributed by atoms with Gasteiger partial charge in [0.15, 0.2) is 0 Å². The first-order valence-corrected chi connectivity index (χ1v) is 13.5. The van der Waals surface area contributed by atoms with E-state index in [1.54, 1.807) is 72.8 Å². The number of allylic oxidation sites excluding steroid dienone is 4. The average molecular weight is 577 g/mol. The van der Waals surface area contributed by atoms with Crippen molar-refractivity contribution in [2.45, 2.75) is 0 Å². The normalized spacial score (nSPS) is 14.3. The van der Waals surface area contributed by atoms with Crippen LogP contribution in [0.5, 0.6) is 0 Å². The molecule has 0 radical (unpaired) electrons. The Morgan fingerprint density at radius 1 is 0.341 bits per heavy atom. The fourth-order valence-corrected chi connectivity index (χ4v) is 5.58. The van der Waals surface area contributed by atoms with E-state index < -0.39 is 11.6 Å². The van der Waals surface area contributed by atoms with Gasteiger partial charge in [0.25, 0.3) is 0 Å². The van der Waals surface area contributed by atoms with Gasteiger partial charge in [-0.2, -0.15) is 0 Å². The zero-order valence-corrected chi connectivity index (χ0v) is 22.4. The van der Waals surface area contributed by atoms with Crippen LogP contribution in [0.4, 0.5) is 0 Å². The highest BCUT2D eigenvalue weighted by molar-refractivity contribution is 6.60. The van der Waals surface area contributed by atoms with Gasteiger partial charge < -0.3 is 0 Å². The van der Waals surface area contributed by atoms with Crippen LogP contribution in [-0.2, 0) is 9.59 Å². The summed E-state index contributed by atoms with van der Waals surface area (Å²) in [6.45, 7) is 0. The van der Waals surface area contributed by atoms with Gasteiger partial charge >= 0.3 is 0 Å². The molecule has 14 nitrogen and oxygen atoms in total. The number of hydrogen-bond donors (Lipinski definition) is 0. The van der Waals surface area contributed by atoms with Crippen LogP contribution in [0.15, 0.2) is 97.1 Å². The van der Waals surface area contributed by atoms with E-state index in [1.165, 1.54) is 18.7 Å². The van der Waals surface area contributed by atoms with Gasteiger partial charge in [0.2, 0.25) is 11.6 Å². The maximum absolute atomic E-state index is 15.1. The van der Waals surface area contributed by atoms with Crippen LogP contribution in [0.1, 0.15) is 0 Å². The predicted octanol–water partition coefficient (Wildman–Crippen LogP) is 3.17. The van der Waals surface area contributed by atoms with Crippen LogP contribution in [-0.4, -0.2) is 71.5 Å². The van der Waals surface area contributed by atoms with E-state index in [-0.39, 0.29) is 22.8 Å². The fourth-order valence-electron chi connectivity index (χ4n) is 5.58. The maximum atomic E-state index is 15.1. The first-order chi connectivity index (χ1) is 21.7. The highest BCUT2D eigenvalue weighted by Crippen LogP contribution is 2.38. The third-order valence-corrected chi connectivity index (χ3v) is 7.56. The van der Waals surface area contributed by atoms with Crippen LogP contribution >= 0.6 is 0 Å². The lowest BCUT2D eigenvalue weighted by molar-refractivity contribution is -0.112. The summed E-state index contributed by atoms with van der Waals surface area (Å²) < 4.78 is 5.43. The molecule has 0 bridgehead atoms. The van der Waals surface area contributed by atoms with Crippen molar-refractivity contribution in [1.82, 2.24) is 60.0 Å². The Bertz CT molecular complexity index is 2210. The molecule has 0 atom stereocenters. The third-order valence-electron chi connectivity index (χ3n) is 7.56. The van der Waals surface area contributed by atoms with Gasteiger partial charge in [-0.1, -0.05) is 69.4 Å². The highest BCUT2D eigenvalue weighted by atomic mass is 16.1. The van der Waals surface area contributed by atoms with Crippen molar-refractivity contribution in [2.24, 2.45) is 0 Å². The van der Waals surface area contributed by atoms with Crippen molar-refractivity contribution in [3.63, 3.8) is 0 Å². The van der Waals surface area contributed by atoms with Gasteiger partial charge in [-0.25, -0.2) is 18.7 Å². The zero-order valence-electron chi connectivity index (χ0n) is 22.4. The molecule has 4 heterocycles. The molecule has 0 saturated heterocycles. The van der Waals surface area contributed by atoms with E-state index in [0.29, 0.717) is 44.1 Å². The number of rotatable bonds is 4. The smallest absolute Gasteiger partial charge is 0.234 e. The summed E-state index contributed by atoms with van der Waals surface area (Å²) in [7, 11) is 0. The fraction of sp³-hybridized carbons (Fsp3) is 0. The topological polar surface area (TPSA) is 157 Å². The van der Waals surface area contributed by atoms with E-state index in [4.69, 9.17) is 0 Å². The number of para-hydroxylation sites is 4. The van der Waals surface area contributed by atoms with Gasteiger partial charge in [0.1, 0.15) is 44.9 Å². The first kappa shape index (κ1) is 24.0. The van der Waals surface area contributed by atoms with E-state index in [0.717, 1.165) is 0 Å². The Hall–Kier alpha value is -6.70. The quantitative estimate of drug-likeness (QED) is 0.285. The molecular formula is C30H16N12O2. The summed E-state index contributed by atoms with van der Waals surface area (Å²) in [6.07, 6.45) is 0. The second-order valence-electron chi connectivity index (χ2n) is 10.0. The van der Waals surface area contributed by atoms with E-state index in [2.05, 4.69) is 41.2 Å². The van der Waals surface area contributed by atoms with Crippen molar-refractivity contribution in [3.05, 3.63) is 97.1 Å². The molecule has 0 saturated carbocycles. The van der Waals surface area contributed by atoms with Crippen molar-refractivity contribution in [1.29, 1.82) is 0 Å². The Kier molecular flexibility index (Phi) is 4.84. The number of benzene rings is 4. The van der Waals surface area contributed by atoms with Gasteiger partial charge in [-0.3, -0.25) is 9.59 Å². The molecule has 0 unspecified atom stereocenters. The van der Waals surface area contributed by atoms with Crippen LogP contribution in [0.3, 0.4) is 0 Å². The summed E-state index contributed by atoms with van der Waals surface area (Å²) in [5.41, 5.74) is 3.88. The lowest BCUT2D eigenvalue weighted by atomic mass is 9.98. The molecule has 0 aliphatic heterocycles. The number of hydrogen-bond acceptors (Lipinski definition) is 10. The second-order valence-corrected chi connectivity index (χ2v) is 10.0. The molecule has 8 aromatic rings. The zero-order chi connectivity index (χ0) is 29.4. The SMILES string of the molecule is O=C1C(n2nnc3ccccc32)=C(n2nnc3ccccc32)C(=O)C(n2nnc3ccccc32)=C1n1nnc2ccccc21. The van der Waals surface area contributed by atoms with Gasteiger partial charge in [0, 0.05) is 0 Å². The van der Waals surface area contributed by atoms with Crippen LogP contribution < -0.4 is 0 Å². The molecule has 0 N–H and O–H groups in total. The Morgan fingerprint density at radius 3 is 0.818 bits per heavy atom.